The molecule has 1 rings (SSSR count). The van der Waals surface area contributed by atoms with E-state index in [-0.39, 0.29) is 30.8 Å². The van der Waals surface area contributed by atoms with Crippen molar-refractivity contribution >= 4 is 17.5 Å². The van der Waals surface area contributed by atoms with Crippen LogP contribution < -0.4 is 11.1 Å². The first-order valence-corrected chi connectivity index (χ1v) is 6.26. The van der Waals surface area contributed by atoms with Crippen molar-refractivity contribution in [3.8, 4) is 0 Å². The molecule has 5 heteroatoms. The van der Waals surface area contributed by atoms with Gasteiger partial charge in [0.1, 0.15) is 0 Å². The Hall–Kier alpha value is -2.04. The smallest absolute Gasteiger partial charge is 0.239 e. The quantitative estimate of drug-likeness (QED) is 0.771. The number of hydrogen-bond acceptors (Lipinski definition) is 3. The first kappa shape index (κ1) is 15.0. The van der Waals surface area contributed by atoms with E-state index < -0.39 is 0 Å². The molecule has 0 aliphatic carbocycles. The lowest BCUT2D eigenvalue weighted by Gasteiger charge is -2.18. The Morgan fingerprint density at radius 1 is 1.26 bits per heavy atom. The summed E-state index contributed by atoms with van der Waals surface area (Å²) in [6.07, 6.45) is 0.270. The summed E-state index contributed by atoms with van der Waals surface area (Å²) < 4.78 is 0. The molecule has 104 valence electrons. The van der Waals surface area contributed by atoms with Gasteiger partial charge in [0, 0.05) is 18.8 Å². The lowest BCUT2D eigenvalue weighted by atomic mass is 10.1. The summed E-state index contributed by atoms with van der Waals surface area (Å²) in [5.41, 5.74) is 7.13. The summed E-state index contributed by atoms with van der Waals surface area (Å²) in [6, 6.07) is 7.22. The average Bonchev–Trinajstić information content (AvgIpc) is 2.30. The molecule has 0 bridgehead atoms. The molecule has 0 radical (unpaired) electrons. The van der Waals surface area contributed by atoms with Gasteiger partial charge in [0.2, 0.25) is 11.8 Å². The van der Waals surface area contributed by atoms with Gasteiger partial charge in [-0.1, -0.05) is 12.1 Å². The molecule has 1 aromatic carbocycles. The fraction of sp³-hybridized carbons (Fsp3) is 0.429. The number of nitrogens with zero attached hydrogens (tertiary/aromatic N) is 1. The average molecular weight is 263 g/mol. The van der Waals surface area contributed by atoms with Crippen molar-refractivity contribution in [3.63, 3.8) is 0 Å². The summed E-state index contributed by atoms with van der Waals surface area (Å²) in [7, 11) is 1.62. The number of nitrogens with one attached hydrogen (secondary N) is 1. The Labute approximate surface area is 113 Å². The zero-order chi connectivity index (χ0) is 14.4. The lowest BCUT2D eigenvalue weighted by molar-refractivity contribution is -0.134. The third kappa shape index (κ3) is 5.42. The van der Waals surface area contributed by atoms with Crippen molar-refractivity contribution in [2.45, 2.75) is 26.3 Å². The number of hydrogen-bond donors (Lipinski definition) is 2. The number of likely N-dealkylation sites (N-methyl/N-ethyl adjacent to an activating group) is 1. The molecule has 2 amide bonds. The molecule has 0 aliphatic heterocycles. The largest absolute Gasteiger partial charge is 0.399 e. The molecule has 0 aromatic heterocycles. The van der Waals surface area contributed by atoms with Crippen LogP contribution in [-0.2, 0) is 16.0 Å². The number of nitrogen functional groups attached to an aromatic ring is 1. The van der Waals surface area contributed by atoms with E-state index in [2.05, 4.69) is 5.32 Å². The van der Waals surface area contributed by atoms with Gasteiger partial charge in [-0.05, 0) is 31.5 Å². The third-order valence-corrected chi connectivity index (χ3v) is 2.59. The number of nitrogens with two attached hydrogens (primary N) is 1. The molecule has 0 heterocycles. The van der Waals surface area contributed by atoms with Crippen LogP contribution in [-0.4, -0.2) is 36.3 Å². The molecule has 0 spiro atoms. The Morgan fingerprint density at radius 2 is 1.84 bits per heavy atom. The standard InChI is InChI=1S/C14H21N3O2/c1-10(2)16-13(18)9-17(3)14(19)8-11-4-6-12(15)7-5-11/h4-7,10H,8-9,15H2,1-3H3,(H,16,18). The molecular weight excluding hydrogens is 242 g/mol. The molecule has 19 heavy (non-hydrogen) atoms. The van der Waals surface area contributed by atoms with Crippen molar-refractivity contribution in [1.29, 1.82) is 0 Å². The van der Waals surface area contributed by atoms with E-state index in [0.717, 1.165) is 5.56 Å². The van der Waals surface area contributed by atoms with Crippen LogP contribution in [0.1, 0.15) is 19.4 Å². The molecule has 1 aromatic rings. The fourth-order valence-electron chi connectivity index (χ4n) is 1.62. The van der Waals surface area contributed by atoms with Crippen molar-refractivity contribution in [2.24, 2.45) is 0 Å². The molecule has 5 nitrogen and oxygen atoms in total. The van der Waals surface area contributed by atoms with Crippen LogP contribution in [0.5, 0.6) is 0 Å². The van der Waals surface area contributed by atoms with E-state index >= 15 is 0 Å². The molecule has 0 aliphatic rings. The summed E-state index contributed by atoms with van der Waals surface area (Å²) >= 11 is 0. The lowest BCUT2D eigenvalue weighted by Crippen LogP contribution is -2.41. The highest BCUT2D eigenvalue weighted by Crippen LogP contribution is 2.07. The summed E-state index contributed by atoms with van der Waals surface area (Å²) in [4.78, 5) is 24.9. The topological polar surface area (TPSA) is 75.4 Å². The first-order valence-electron chi connectivity index (χ1n) is 6.26. The number of rotatable bonds is 5. The Balaban J connectivity index is 2.48. The highest BCUT2D eigenvalue weighted by Gasteiger charge is 2.13. The van der Waals surface area contributed by atoms with Crippen molar-refractivity contribution in [2.75, 3.05) is 19.3 Å². The molecule has 0 atom stereocenters. The second kappa shape index (κ2) is 6.78. The summed E-state index contributed by atoms with van der Waals surface area (Å²) in [5, 5.41) is 2.75. The highest BCUT2D eigenvalue weighted by atomic mass is 16.2. The highest BCUT2D eigenvalue weighted by molar-refractivity contribution is 5.85. The molecule has 3 N–H and O–H groups in total. The van der Waals surface area contributed by atoms with Crippen LogP contribution in [0.2, 0.25) is 0 Å². The Morgan fingerprint density at radius 3 is 2.37 bits per heavy atom. The van der Waals surface area contributed by atoms with Crippen molar-refractivity contribution in [1.82, 2.24) is 10.2 Å². The number of benzene rings is 1. The summed E-state index contributed by atoms with van der Waals surface area (Å²) in [5.74, 6) is -0.244. The number of anilines is 1. The van der Waals surface area contributed by atoms with Gasteiger partial charge in [-0.25, -0.2) is 0 Å². The maximum absolute atomic E-state index is 11.9. The normalized spacial score (nSPS) is 10.3. The van der Waals surface area contributed by atoms with Gasteiger partial charge < -0.3 is 16.0 Å². The van der Waals surface area contributed by atoms with Gasteiger partial charge in [-0.2, -0.15) is 0 Å². The van der Waals surface area contributed by atoms with Gasteiger partial charge in [-0.3, -0.25) is 9.59 Å². The molecule has 0 saturated carbocycles. The predicted molar refractivity (Wildman–Crippen MR) is 75.5 cm³/mol. The van der Waals surface area contributed by atoms with Crippen LogP contribution in [0.25, 0.3) is 0 Å². The van der Waals surface area contributed by atoms with Gasteiger partial charge in [-0.15, -0.1) is 0 Å². The van der Waals surface area contributed by atoms with E-state index in [4.69, 9.17) is 5.73 Å². The second-order valence-corrected chi connectivity index (χ2v) is 4.89. The van der Waals surface area contributed by atoms with Gasteiger partial charge in [0.25, 0.3) is 0 Å². The van der Waals surface area contributed by atoms with Crippen LogP contribution in [0, 0.1) is 0 Å². The summed E-state index contributed by atoms with van der Waals surface area (Å²) in [6.45, 7) is 3.84. The number of carbonyl (C=O) groups is 2. The van der Waals surface area contributed by atoms with Gasteiger partial charge in [0.05, 0.1) is 13.0 Å². The monoisotopic (exact) mass is 263 g/mol. The Bertz CT molecular complexity index is 441. The predicted octanol–water partition coefficient (Wildman–Crippen LogP) is 0.794. The third-order valence-electron chi connectivity index (χ3n) is 2.59. The Kier molecular flexibility index (Phi) is 5.36. The molecule has 0 saturated heterocycles. The van der Waals surface area contributed by atoms with Crippen molar-refractivity contribution in [3.05, 3.63) is 29.8 Å². The van der Waals surface area contributed by atoms with E-state index in [1.54, 1.807) is 19.2 Å². The van der Waals surface area contributed by atoms with E-state index in [1.807, 2.05) is 26.0 Å². The molecular formula is C14H21N3O2. The SMILES string of the molecule is CC(C)NC(=O)CN(C)C(=O)Cc1ccc(N)cc1. The van der Waals surface area contributed by atoms with Crippen LogP contribution in [0.3, 0.4) is 0 Å². The van der Waals surface area contributed by atoms with Crippen LogP contribution in [0.4, 0.5) is 5.69 Å². The van der Waals surface area contributed by atoms with Crippen LogP contribution >= 0.6 is 0 Å². The minimum atomic E-state index is -0.150. The minimum absolute atomic E-state index is 0.0754. The first-order chi connectivity index (χ1) is 8.88. The number of carbonyl (C=O) groups excluding carboxylic acids is 2. The fourth-order valence-corrected chi connectivity index (χ4v) is 1.62. The zero-order valence-corrected chi connectivity index (χ0v) is 11.6. The van der Waals surface area contributed by atoms with E-state index in [0.29, 0.717) is 5.69 Å². The van der Waals surface area contributed by atoms with Crippen LogP contribution in [0.15, 0.2) is 24.3 Å². The van der Waals surface area contributed by atoms with Gasteiger partial charge >= 0.3 is 0 Å². The minimum Gasteiger partial charge on any atom is -0.399 e. The second-order valence-electron chi connectivity index (χ2n) is 4.89. The van der Waals surface area contributed by atoms with E-state index in [9.17, 15) is 9.59 Å². The van der Waals surface area contributed by atoms with Gasteiger partial charge in [0.15, 0.2) is 0 Å². The number of amides is 2. The molecule has 0 fully saturated rings. The van der Waals surface area contributed by atoms with E-state index in [1.165, 1.54) is 4.90 Å². The van der Waals surface area contributed by atoms with Crippen molar-refractivity contribution < 1.29 is 9.59 Å². The molecule has 0 unspecified atom stereocenters. The maximum Gasteiger partial charge on any atom is 0.239 e. The zero-order valence-electron chi connectivity index (χ0n) is 11.6. The maximum atomic E-state index is 11.9.